The van der Waals surface area contributed by atoms with Gasteiger partial charge in [0.1, 0.15) is 5.00 Å². The van der Waals surface area contributed by atoms with Gasteiger partial charge in [0, 0.05) is 11.0 Å². The van der Waals surface area contributed by atoms with Crippen LogP contribution >= 0.6 is 27.3 Å². The molecule has 0 saturated heterocycles. The van der Waals surface area contributed by atoms with Crippen molar-refractivity contribution in [2.45, 2.75) is 6.92 Å². The summed E-state index contributed by atoms with van der Waals surface area (Å²) in [7, 11) is 3.10. The number of hydrogen-bond donors (Lipinski definition) is 1. The van der Waals surface area contributed by atoms with Crippen molar-refractivity contribution in [1.82, 2.24) is 0 Å². The molecule has 1 amide bonds. The molecule has 1 N–H and O–H groups in total. The molecule has 0 spiro atoms. The first-order valence-corrected chi connectivity index (χ1v) is 11.3. The number of ether oxygens (including phenoxy) is 3. The first kappa shape index (κ1) is 23.6. The zero-order chi connectivity index (χ0) is 23.1. The van der Waals surface area contributed by atoms with Gasteiger partial charge in [-0.2, -0.15) is 0 Å². The molecule has 0 saturated carbocycles. The van der Waals surface area contributed by atoms with Gasteiger partial charge in [0.05, 0.1) is 30.9 Å². The Kier molecular flexibility index (Phi) is 8.08. The number of nitrogens with one attached hydrogen (secondary N) is 1. The summed E-state index contributed by atoms with van der Waals surface area (Å²) in [5, 5.41) is 3.24. The van der Waals surface area contributed by atoms with Gasteiger partial charge in [0.2, 0.25) is 5.91 Å². The summed E-state index contributed by atoms with van der Waals surface area (Å²) in [5.41, 5.74) is 2.02. The van der Waals surface area contributed by atoms with Gasteiger partial charge >= 0.3 is 5.97 Å². The highest BCUT2D eigenvalue weighted by Crippen LogP contribution is 2.37. The molecule has 0 aliphatic carbocycles. The van der Waals surface area contributed by atoms with E-state index in [0.29, 0.717) is 26.5 Å². The lowest BCUT2D eigenvalue weighted by molar-refractivity contribution is -0.111. The number of methoxy groups -OCH3 is 2. The summed E-state index contributed by atoms with van der Waals surface area (Å²) in [5.74, 6) is 0.259. The highest BCUT2D eigenvalue weighted by molar-refractivity contribution is 9.10. The number of hydrogen-bond acceptors (Lipinski definition) is 6. The first-order valence-electron chi connectivity index (χ1n) is 9.73. The maximum absolute atomic E-state index is 12.6. The first-order chi connectivity index (χ1) is 15.5. The van der Waals surface area contributed by atoms with E-state index >= 15 is 0 Å². The van der Waals surface area contributed by atoms with Crippen molar-refractivity contribution in [1.29, 1.82) is 0 Å². The summed E-state index contributed by atoms with van der Waals surface area (Å²) < 4.78 is 16.5. The van der Waals surface area contributed by atoms with Crippen LogP contribution in [0.4, 0.5) is 5.00 Å². The lowest BCUT2D eigenvalue weighted by atomic mass is 10.1. The molecule has 0 fully saturated rings. The molecule has 166 valence electrons. The number of rotatable bonds is 8. The topological polar surface area (TPSA) is 73.9 Å². The minimum absolute atomic E-state index is 0.247. The molecule has 32 heavy (non-hydrogen) atoms. The molecule has 0 atom stereocenters. The second-order valence-corrected chi connectivity index (χ2v) is 8.41. The van der Waals surface area contributed by atoms with Crippen LogP contribution in [0.15, 0.2) is 59.1 Å². The number of carbonyl (C=O) groups excluding carboxylic acids is 2. The molecule has 0 radical (unpaired) electrons. The van der Waals surface area contributed by atoms with E-state index in [1.807, 2.05) is 36.4 Å². The second kappa shape index (κ2) is 11.0. The molecular weight excluding hydrogens is 494 g/mol. The molecule has 2 aromatic carbocycles. The quantitative estimate of drug-likeness (QED) is 0.293. The van der Waals surface area contributed by atoms with Gasteiger partial charge in [-0.1, -0.05) is 30.3 Å². The van der Waals surface area contributed by atoms with Gasteiger partial charge in [-0.15, -0.1) is 11.3 Å². The number of anilines is 1. The predicted molar refractivity (Wildman–Crippen MR) is 131 cm³/mol. The van der Waals surface area contributed by atoms with Crippen LogP contribution in [0, 0.1) is 0 Å². The normalized spacial score (nSPS) is 10.8. The minimum atomic E-state index is -0.478. The van der Waals surface area contributed by atoms with E-state index in [2.05, 4.69) is 21.2 Å². The maximum atomic E-state index is 12.6. The molecule has 3 rings (SSSR count). The monoisotopic (exact) mass is 515 g/mol. The molecule has 1 aromatic heterocycles. The SMILES string of the molecule is CCOC(=O)c1cc(-c2ccccc2)sc1NC(=O)/C=C/c1cc(Br)c(OC)c(OC)c1. The van der Waals surface area contributed by atoms with Crippen LogP contribution in [0.2, 0.25) is 0 Å². The van der Waals surface area contributed by atoms with Crippen molar-refractivity contribution in [2.24, 2.45) is 0 Å². The molecule has 3 aromatic rings. The highest BCUT2D eigenvalue weighted by Gasteiger charge is 2.19. The fourth-order valence-corrected chi connectivity index (χ4v) is 4.62. The Morgan fingerprint density at radius 2 is 1.84 bits per heavy atom. The highest BCUT2D eigenvalue weighted by atomic mass is 79.9. The van der Waals surface area contributed by atoms with Gasteiger partial charge in [-0.25, -0.2) is 4.79 Å². The summed E-state index contributed by atoms with van der Waals surface area (Å²) in [6, 6.07) is 15.0. The van der Waals surface area contributed by atoms with Crippen LogP contribution in [0.3, 0.4) is 0 Å². The summed E-state index contributed by atoms with van der Waals surface area (Å²) in [4.78, 5) is 25.9. The predicted octanol–water partition coefficient (Wildman–Crippen LogP) is 6.02. The van der Waals surface area contributed by atoms with Gasteiger partial charge in [-0.3, -0.25) is 4.79 Å². The zero-order valence-corrected chi connectivity index (χ0v) is 20.2. The Hall–Kier alpha value is -3.10. The van der Waals surface area contributed by atoms with Crippen molar-refractivity contribution in [2.75, 3.05) is 26.1 Å². The second-order valence-electron chi connectivity index (χ2n) is 6.50. The number of amides is 1. The third-order valence-corrected chi connectivity index (χ3v) is 6.09. The molecule has 6 nitrogen and oxygen atoms in total. The van der Waals surface area contributed by atoms with E-state index in [1.165, 1.54) is 17.4 Å². The Labute approximate surface area is 198 Å². The number of halogens is 1. The molecule has 0 aliphatic rings. The zero-order valence-electron chi connectivity index (χ0n) is 17.8. The smallest absolute Gasteiger partial charge is 0.341 e. The molecular formula is C24H22BrNO5S. The lowest BCUT2D eigenvalue weighted by Crippen LogP contribution is -2.11. The van der Waals surface area contributed by atoms with E-state index in [0.717, 1.165) is 16.0 Å². The Morgan fingerprint density at radius 3 is 2.50 bits per heavy atom. The lowest BCUT2D eigenvalue weighted by Gasteiger charge is -2.10. The third-order valence-electron chi connectivity index (χ3n) is 4.41. The number of carbonyl (C=O) groups is 2. The number of thiophene rings is 1. The van der Waals surface area contributed by atoms with Gasteiger partial charge < -0.3 is 19.5 Å². The van der Waals surface area contributed by atoms with Gasteiger partial charge in [-0.05, 0) is 58.3 Å². The van der Waals surface area contributed by atoms with Crippen LogP contribution in [-0.4, -0.2) is 32.7 Å². The van der Waals surface area contributed by atoms with Crippen LogP contribution in [0.5, 0.6) is 11.5 Å². The van der Waals surface area contributed by atoms with Gasteiger partial charge in [0.25, 0.3) is 0 Å². The Morgan fingerprint density at radius 1 is 1.09 bits per heavy atom. The molecule has 0 unspecified atom stereocenters. The van der Waals surface area contributed by atoms with Crippen molar-refractivity contribution in [3.05, 3.63) is 70.2 Å². The molecule has 1 heterocycles. The van der Waals surface area contributed by atoms with E-state index in [1.54, 1.807) is 39.4 Å². The van der Waals surface area contributed by atoms with Crippen molar-refractivity contribution in [3.8, 4) is 21.9 Å². The van der Waals surface area contributed by atoms with Crippen LogP contribution in [-0.2, 0) is 9.53 Å². The van der Waals surface area contributed by atoms with Crippen molar-refractivity contribution < 1.29 is 23.8 Å². The summed E-state index contributed by atoms with van der Waals surface area (Å²) in [6.07, 6.45) is 3.04. The van der Waals surface area contributed by atoms with E-state index < -0.39 is 5.97 Å². The van der Waals surface area contributed by atoms with Crippen LogP contribution in [0.1, 0.15) is 22.8 Å². The molecule has 8 heteroatoms. The largest absolute Gasteiger partial charge is 0.493 e. The minimum Gasteiger partial charge on any atom is -0.493 e. The average Bonchev–Trinajstić information content (AvgIpc) is 3.21. The molecule has 0 bridgehead atoms. The van der Waals surface area contributed by atoms with E-state index in [-0.39, 0.29) is 12.5 Å². The average molecular weight is 516 g/mol. The summed E-state index contributed by atoms with van der Waals surface area (Å²) in [6.45, 7) is 1.99. The Balaban J connectivity index is 1.84. The third kappa shape index (κ3) is 5.57. The van der Waals surface area contributed by atoms with E-state index in [9.17, 15) is 9.59 Å². The maximum Gasteiger partial charge on any atom is 0.341 e. The Bertz CT molecular complexity index is 1140. The standard InChI is InChI=1S/C24H22BrNO5S/c1-4-31-24(28)17-14-20(16-8-6-5-7-9-16)32-23(17)26-21(27)11-10-15-12-18(25)22(30-3)19(13-15)29-2/h5-14H,4H2,1-3H3,(H,26,27)/b11-10+. The summed E-state index contributed by atoms with van der Waals surface area (Å²) >= 11 is 4.76. The number of esters is 1. The van der Waals surface area contributed by atoms with E-state index in [4.69, 9.17) is 14.2 Å². The fraction of sp³-hybridized carbons (Fsp3) is 0.167. The van der Waals surface area contributed by atoms with Gasteiger partial charge in [0.15, 0.2) is 11.5 Å². The van der Waals surface area contributed by atoms with Crippen LogP contribution in [0.25, 0.3) is 16.5 Å². The van der Waals surface area contributed by atoms with Crippen LogP contribution < -0.4 is 14.8 Å². The number of benzene rings is 2. The van der Waals surface area contributed by atoms with Crippen molar-refractivity contribution >= 4 is 50.2 Å². The van der Waals surface area contributed by atoms with Crippen molar-refractivity contribution in [3.63, 3.8) is 0 Å². The molecule has 0 aliphatic heterocycles. The fourth-order valence-electron chi connectivity index (χ4n) is 2.95.